The maximum atomic E-state index is 12.7. The van der Waals surface area contributed by atoms with Crippen molar-refractivity contribution in [2.24, 2.45) is 0 Å². The van der Waals surface area contributed by atoms with Crippen molar-refractivity contribution in [3.8, 4) is 23.0 Å². The highest BCUT2D eigenvalue weighted by Crippen LogP contribution is 2.35. The summed E-state index contributed by atoms with van der Waals surface area (Å²) in [6.07, 6.45) is 0. The second-order valence-corrected chi connectivity index (χ2v) is 6.62. The molecule has 2 rings (SSSR count). The van der Waals surface area contributed by atoms with Crippen LogP contribution in [0, 0.1) is 10.1 Å². The van der Waals surface area contributed by atoms with Gasteiger partial charge in [-0.1, -0.05) is 6.07 Å². The average molecular weight is 461 g/mol. The molecule has 0 heterocycles. The second kappa shape index (κ2) is 12.1. The first-order valence-electron chi connectivity index (χ1n) is 10.2. The van der Waals surface area contributed by atoms with Gasteiger partial charge >= 0.3 is 0 Å². The zero-order valence-corrected chi connectivity index (χ0v) is 18.9. The smallest absolute Gasteiger partial charge is 0.286 e. The molecule has 2 aromatic rings. The molecule has 2 N–H and O–H groups in total. The van der Waals surface area contributed by atoms with Gasteiger partial charge in [-0.05, 0) is 31.5 Å². The number of benzene rings is 2. The fourth-order valence-electron chi connectivity index (χ4n) is 2.92. The highest BCUT2D eigenvalue weighted by molar-refractivity contribution is 5.99. The number of rotatable bonds is 12. The molecule has 0 aliphatic heterocycles. The lowest BCUT2D eigenvalue weighted by molar-refractivity contribution is -0.385. The molecule has 0 saturated heterocycles. The first-order chi connectivity index (χ1) is 15.8. The molecule has 0 saturated carbocycles. The summed E-state index contributed by atoms with van der Waals surface area (Å²) in [6.45, 7) is 4.22. The Balaban J connectivity index is 2.16. The number of amides is 2. The number of nitrogens with zero attached hydrogens (tertiary/aromatic N) is 1. The van der Waals surface area contributed by atoms with Gasteiger partial charge in [-0.2, -0.15) is 0 Å². The SMILES string of the molecule is CCNC(=O)COc1ccc(CNC(=O)c2cc(OC)c(OCC)cc2[N+](=O)[O-])cc1OC. The van der Waals surface area contributed by atoms with E-state index >= 15 is 0 Å². The molecule has 0 aliphatic rings. The molecule has 0 unspecified atom stereocenters. The van der Waals surface area contributed by atoms with E-state index < -0.39 is 16.5 Å². The van der Waals surface area contributed by atoms with E-state index in [-0.39, 0.29) is 42.7 Å². The molecule has 0 fully saturated rings. The van der Waals surface area contributed by atoms with Gasteiger partial charge in [0.15, 0.2) is 29.6 Å². The fraction of sp³-hybridized carbons (Fsp3) is 0.364. The quantitative estimate of drug-likeness (QED) is 0.363. The van der Waals surface area contributed by atoms with Crippen LogP contribution in [0.2, 0.25) is 0 Å². The topological polar surface area (TPSA) is 138 Å². The van der Waals surface area contributed by atoms with Crippen LogP contribution in [0.1, 0.15) is 29.8 Å². The molecule has 0 aromatic heterocycles. The summed E-state index contributed by atoms with van der Waals surface area (Å²) in [4.78, 5) is 35.2. The molecule has 0 spiro atoms. The van der Waals surface area contributed by atoms with Gasteiger partial charge in [0, 0.05) is 19.2 Å². The van der Waals surface area contributed by atoms with Crippen molar-refractivity contribution in [2.45, 2.75) is 20.4 Å². The van der Waals surface area contributed by atoms with Crippen LogP contribution in [-0.2, 0) is 11.3 Å². The van der Waals surface area contributed by atoms with Crippen LogP contribution in [0.3, 0.4) is 0 Å². The van der Waals surface area contributed by atoms with Gasteiger partial charge in [-0.15, -0.1) is 0 Å². The van der Waals surface area contributed by atoms with Gasteiger partial charge in [0.05, 0.1) is 31.8 Å². The Morgan fingerprint density at radius 1 is 0.939 bits per heavy atom. The van der Waals surface area contributed by atoms with E-state index in [1.807, 2.05) is 0 Å². The van der Waals surface area contributed by atoms with Gasteiger partial charge in [0.2, 0.25) is 0 Å². The van der Waals surface area contributed by atoms with E-state index in [1.165, 1.54) is 26.4 Å². The summed E-state index contributed by atoms with van der Waals surface area (Å²) < 4.78 is 21.3. The predicted molar refractivity (Wildman–Crippen MR) is 119 cm³/mol. The molecular weight excluding hydrogens is 434 g/mol. The van der Waals surface area contributed by atoms with Gasteiger partial charge in [-0.3, -0.25) is 19.7 Å². The summed E-state index contributed by atoms with van der Waals surface area (Å²) in [6, 6.07) is 7.38. The Morgan fingerprint density at radius 3 is 2.24 bits per heavy atom. The van der Waals surface area contributed by atoms with Crippen LogP contribution in [0.5, 0.6) is 23.0 Å². The van der Waals surface area contributed by atoms with Crippen molar-refractivity contribution in [1.29, 1.82) is 0 Å². The van der Waals surface area contributed by atoms with E-state index in [4.69, 9.17) is 18.9 Å². The molecule has 0 radical (unpaired) electrons. The third-order valence-corrected chi connectivity index (χ3v) is 4.44. The predicted octanol–water partition coefficient (Wildman–Crippen LogP) is 2.46. The lowest BCUT2D eigenvalue weighted by Gasteiger charge is -2.13. The summed E-state index contributed by atoms with van der Waals surface area (Å²) in [5.74, 6) is 0.214. The normalized spacial score (nSPS) is 10.2. The van der Waals surface area contributed by atoms with Crippen molar-refractivity contribution in [1.82, 2.24) is 10.6 Å². The lowest BCUT2D eigenvalue weighted by Crippen LogP contribution is -2.28. The summed E-state index contributed by atoms with van der Waals surface area (Å²) in [7, 11) is 2.83. The Labute approximate surface area is 191 Å². The number of nitrogens with one attached hydrogen (secondary N) is 2. The largest absolute Gasteiger partial charge is 0.493 e. The fourth-order valence-corrected chi connectivity index (χ4v) is 2.92. The van der Waals surface area contributed by atoms with E-state index in [1.54, 1.807) is 32.0 Å². The maximum absolute atomic E-state index is 12.7. The molecule has 33 heavy (non-hydrogen) atoms. The van der Waals surface area contributed by atoms with Gasteiger partial charge in [-0.25, -0.2) is 0 Å². The monoisotopic (exact) mass is 461 g/mol. The highest BCUT2D eigenvalue weighted by Gasteiger charge is 2.24. The molecule has 2 amide bonds. The van der Waals surface area contributed by atoms with Gasteiger partial charge in [0.25, 0.3) is 17.5 Å². The van der Waals surface area contributed by atoms with E-state index in [9.17, 15) is 19.7 Å². The zero-order valence-electron chi connectivity index (χ0n) is 18.9. The first kappa shape index (κ1) is 25.2. The van der Waals surface area contributed by atoms with E-state index in [0.717, 1.165) is 0 Å². The number of carbonyl (C=O) groups excluding carboxylic acids is 2. The van der Waals surface area contributed by atoms with Crippen LogP contribution in [0.4, 0.5) is 5.69 Å². The number of likely N-dealkylation sites (N-methyl/N-ethyl adjacent to an activating group) is 1. The molecule has 2 aromatic carbocycles. The third-order valence-electron chi connectivity index (χ3n) is 4.44. The van der Waals surface area contributed by atoms with Crippen molar-refractivity contribution >= 4 is 17.5 Å². The molecule has 11 nitrogen and oxygen atoms in total. The molecule has 11 heteroatoms. The number of hydrogen-bond donors (Lipinski definition) is 2. The number of hydrogen-bond acceptors (Lipinski definition) is 8. The Kier molecular flexibility index (Phi) is 9.28. The van der Waals surface area contributed by atoms with Crippen molar-refractivity contribution < 1.29 is 33.5 Å². The Morgan fingerprint density at radius 2 is 1.64 bits per heavy atom. The van der Waals surface area contributed by atoms with Crippen LogP contribution in [0.25, 0.3) is 0 Å². The minimum Gasteiger partial charge on any atom is -0.493 e. The molecular formula is C22H27N3O8. The number of nitro groups is 1. The van der Waals surface area contributed by atoms with E-state index in [2.05, 4.69) is 10.6 Å². The van der Waals surface area contributed by atoms with E-state index in [0.29, 0.717) is 23.6 Å². The zero-order chi connectivity index (χ0) is 24.4. The average Bonchev–Trinajstić information content (AvgIpc) is 2.81. The van der Waals surface area contributed by atoms with Crippen LogP contribution in [-0.4, -0.2) is 50.7 Å². The van der Waals surface area contributed by atoms with Gasteiger partial charge in [0.1, 0.15) is 5.56 Å². The van der Waals surface area contributed by atoms with Crippen LogP contribution in [0.15, 0.2) is 30.3 Å². The molecule has 0 bridgehead atoms. The summed E-state index contributed by atoms with van der Waals surface area (Å²) >= 11 is 0. The minimum absolute atomic E-state index is 0.0679. The van der Waals surface area contributed by atoms with Crippen molar-refractivity contribution in [3.05, 3.63) is 51.6 Å². The molecule has 0 aliphatic carbocycles. The van der Waals surface area contributed by atoms with Crippen molar-refractivity contribution in [2.75, 3.05) is 34.0 Å². The molecule has 178 valence electrons. The minimum atomic E-state index is -0.654. The molecule has 0 atom stereocenters. The van der Waals surface area contributed by atoms with Crippen LogP contribution < -0.4 is 29.6 Å². The second-order valence-electron chi connectivity index (χ2n) is 6.62. The third kappa shape index (κ3) is 6.73. The van der Waals surface area contributed by atoms with Crippen molar-refractivity contribution in [3.63, 3.8) is 0 Å². The number of nitro benzene ring substituents is 1. The number of ether oxygens (including phenoxy) is 4. The van der Waals surface area contributed by atoms with Gasteiger partial charge < -0.3 is 29.6 Å². The standard InChI is InChI=1S/C22H27N3O8/c1-5-23-21(26)13-33-17-8-7-14(9-18(17)30-3)12-24-22(27)15-10-19(31-4)20(32-6-2)11-16(15)25(28)29/h7-11H,5-6,12-13H2,1-4H3,(H,23,26)(H,24,27). The summed E-state index contributed by atoms with van der Waals surface area (Å²) in [5, 5.41) is 16.8. The maximum Gasteiger partial charge on any atom is 0.286 e. The lowest BCUT2D eigenvalue weighted by atomic mass is 10.1. The first-order valence-corrected chi connectivity index (χ1v) is 10.2. The van der Waals surface area contributed by atoms with Crippen LogP contribution >= 0.6 is 0 Å². The highest BCUT2D eigenvalue weighted by atomic mass is 16.6. The number of carbonyl (C=O) groups is 2. The Bertz CT molecular complexity index is 1010. The summed E-state index contributed by atoms with van der Waals surface area (Å²) in [5.41, 5.74) is 0.101. The Hall–Kier alpha value is -4.02. The number of methoxy groups -OCH3 is 2.